The lowest BCUT2D eigenvalue weighted by atomic mass is 9.84. The Morgan fingerprint density at radius 3 is 2.53 bits per heavy atom. The number of nitrogens with zero attached hydrogens (tertiary/aromatic N) is 1. The zero-order chi connectivity index (χ0) is 22.4. The summed E-state index contributed by atoms with van der Waals surface area (Å²) in [7, 11) is 0. The number of ether oxygens (including phenoxy) is 1. The Kier molecular flexibility index (Phi) is 9.97. The van der Waals surface area contributed by atoms with Gasteiger partial charge in [0.1, 0.15) is 6.04 Å². The molecule has 2 fully saturated rings. The van der Waals surface area contributed by atoms with Gasteiger partial charge in [-0.3, -0.25) is 4.79 Å². The van der Waals surface area contributed by atoms with Crippen LogP contribution in [0.15, 0.2) is 30.3 Å². The normalized spacial score (nSPS) is 24.1. The summed E-state index contributed by atoms with van der Waals surface area (Å²) in [5.74, 6) is -1.17. The Hall–Kier alpha value is -2.12. The quantitative estimate of drug-likeness (QED) is 0.443. The van der Waals surface area contributed by atoms with E-state index in [2.05, 4.69) is 0 Å². The molecule has 1 saturated heterocycles. The van der Waals surface area contributed by atoms with Gasteiger partial charge >= 0.3 is 11.9 Å². The smallest absolute Gasteiger partial charge is 0.364 e. The van der Waals surface area contributed by atoms with Gasteiger partial charge in [0.15, 0.2) is 12.1 Å². The highest BCUT2D eigenvalue weighted by Gasteiger charge is 2.49. The van der Waals surface area contributed by atoms with Gasteiger partial charge in [-0.15, -0.1) is 0 Å². The number of amides is 1. The van der Waals surface area contributed by atoms with Crippen LogP contribution in [0.4, 0.5) is 0 Å². The largest absolute Gasteiger partial charge is 1.00 e. The molecule has 3 N–H and O–H groups in total. The maximum Gasteiger partial charge on any atom is 0.364 e. The number of fused-ring (bicyclic) bond motifs is 1. The lowest BCUT2D eigenvalue weighted by molar-refractivity contribution is -0.697. The lowest BCUT2D eigenvalue weighted by Crippen LogP contribution is -3.00. The van der Waals surface area contributed by atoms with E-state index in [0.29, 0.717) is 19.3 Å². The number of likely N-dealkylation sites (tertiary alicyclic amines) is 1. The zero-order valence-electron chi connectivity index (χ0n) is 18.9. The van der Waals surface area contributed by atoms with Crippen LogP contribution in [0.5, 0.6) is 0 Å². The molecule has 1 amide bonds. The van der Waals surface area contributed by atoms with E-state index < -0.39 is 24.1 Å². The van der Waals surface area contributed by atoms with Crippen molar-refractivity contribution in [3.05, 3.63) is 35.9 Å². The van der Waals surface area contributed by atoms with E-state index in [4.69, 9.17) is 4.74 Å². The number of aryl methyl sites for hydroxylation is 1. The standard InChI is InChI=1S/C24H34N2O5.ClH/c1-3-31-24(30)19(14-13-17-9-5-4-6-10-17)25-16(2)22(27)26-20-12-8-7-11-18(20)15-21(26)23(28)29;/h4-6,9-10,16,18-21,25H,3,7-8,11-15H2,1-2H3,(H,28,29);1H/t16?,18-,19?,20-,21+;/m0./s1. The number of hydrogen-bond donors (Lipinski definition) is 2. The van der Waals surface area contributed by atoms with E-state index in [-0.39, 0.29) is 42.9 Å². The molecule has 1 aromatic rings. The minimum absolute atomic E-state index is 0. The number of carboxylic acid groups (broad SMARTS) is 1. The maximum atomic E-state index is 13.4. The SMILES string of the molecule is CCOC(=O)C(CCc1ccccc1)[NH2+]C(C)C(=O)N1[C@@H](C(=O)O)C[C@@H]2CCCC[C@@H]21.[Cl-]. The topological polar surface area (TPSA) is 101 Å². The zero-order valence-corrected chi connectivity index (χ0v) is 19.7. The summed E-state index contributed by atoms with van der Waals surface area (Å²) in [4.78, 5) is 39.5. The van der Waals surface area contributed by atoms with Crippen LogP contribution in [0.2, 0.25) is 0 Å². The Labute approximate surface area is 196 Å². The molecule has 0 aromatic heterocycles. The van der Waals surface area contributed by atoms with Crippen LogP contribution in [0.3, 0.4) is 0 Å². The summed E-state index contributed by atoms with van der Waals surface area (Å²) < 4.78 is 5.25. The second-order valence-corrected chi connectivity index (χ2v) is 8.81. The average Bonchev–Trinajstić information content (AvgIpc) is 3.16. The third-order valence-corrected chi connectivity index (χ3v) is 6.71. The summed E-state index contributed by atoms with van der Waals surface area (Å²) in [6.07, 6.45) is 5.76. The van der Waals surface area contributed by atoms with Crippen molar-refractivity contribution in [2.75, 3.05) is 6.61 Å². The van der Waals surface area contributed by atoms with E-state index in [1.165, 1.54) is 0 Å². The maximum absolute atomic E-state index is 13.4. The van der Waals surface area contributed by atoms with Crippen molar-refractivity contribution in [2.24, 2.45) is 5.92 Å². The van der Waals surface area contributed by atoms with Gasteiger partial charge in [-0.1, -0.05) is 43.2 Å². The summed E-state index contributed by atoms with van der Waals surface area (Å²) in [5, 5.41) is 11.5. The summed E-state index contributed by atoms with van der Waals surface area (Å²) in [5.41, 5.74) is 1.12. The Bertz CT molecular complexity index is 775. The number of carbonyl (C=O) groups excluding carboxylic acids is 2. The molecular formula is C24H35ClN2O5. The summed E-state index contributed by atoms with van der Waals surface area (Å²) >= 11 is 0. The number of benzene rings is 1. The first kappa shape index (κ1) is 26.1. The first-order valence-corrected chi connectivity index (χ1v) is 11.5. The predicted octanol–water partition coefficient (Wildman–Crippen LogP) is -1.25. The summed E-state index contributed by atoms with van der Waals surface area (Å²) in [6.45, 7) is 3.82. The molecule has 8 heteroatoms. The Morgan fingerprint density at radius 1 is 1.19 bits per heavy atom. The molecule has 32 heavy (non-hydrogen) atoms. The van der Waals surface area contributed by atoms with Crippen molar-refractivity contribution in [1.82, 2.24) is 4.90 Å². The van der Waals surface area contributed by atoms with E-state index in [1.54, 1.807) is 24.1 Å². The molecule has 1 aliphatic heterocycles. The van der Waals surface area contributed by atoms with E-state index in [1.807, 2.05) is 30.3 Å². The highest BCUT2D eigenvalue weighted by molar-refractivity contribution is 5.87. The van der Waals surface area contributed by atoms with Crippen LogP contribution in [-0.2, 0) is 25.5 Å². The molecule has 7 nitrogen and oxygen atoms in total. The molecule has 0 spiro atoms. The van der Waals surface area contributed by atoms with Crippen molar-refractivity contribution < 1.29 is 42.0 Å². The molecule has 2 unspecified atom stereocenters. The number of nitrogens with two attached hydrogens (primary N) is 1. The van der Waals surface area contributed by atoms with Crippen molar-refractivity contribution in [3.63, 3.8) is 0 Å². The first-order chi connectivity index (χ1) is 14.9. The van der Waals surface area contributed by atoms with Crippen LogP contribution in [0.1, 0.15) is 57.9 Å². The Morgan fingerprint density at radius 2 is 1.88 bits per heavy atom. The molecular weight excluding hydrogens is 432 g/mol. The second kappa shape index (κ2) is 12.2. The van der Waals surface area contributed by atoms with Crippen molar-refractivity contribution in [1.29, 1.82) is 0 Å². The number of aliphatic carboxylic acids is 1. The number of esters is 1. The van der Waals surface area contributed by atoms with Crippen molar-refractivity contribution >= 4 is 17.8 Å². The molecule has 3 rings (SSSR count). The number of carbonyl (C=O) groups is 3. The monoisotopic (exact) mass is 466 g/mol. The van der Waals surface area contributed by atoms with E-state index in [0.717, 1.165) is 31.2 Å². The molecule has 178 valence electrons. The number of hydrogen-bond acceptors (Lipinski definition) is 4. The Balaban J connectivity index is 0.00000363. The molecule has 1 heterocycles. The third-order valence-electron chi connectivity index (χ3n) is 6.71. The minimum Gasteiger partial charge on any atom is -1.00 e. The van der Waals surface area contributed by atoms with Gasteiger partial charge in [0.2, 0.25) is 0 Å². The fraction of sp³-hybridized carbons (Fsp3) is 0.625. The molecule has 5 atom stereocenters. The number of carboxylic acids is 1. The summed E-state index contributed by atoms with van der Waals surface area (Å²) in [6, 6.07) is 8.09. The molecule has 1 saturated carbocycles. The van der Waals surface area contributed by atoms with Gasteiger partial charge in [0.25, 0.3) is 5.91 Å². The third kappa shape index (κ3) is 6.23. The van der Waals surface area contributed by atoms with E-state index >= 15 is 0 Å². The molecule has 0 radical (unpaired) electrons. The lowest BCUT2D eigenvalue weighted by Gasteiger charge is -2.34. The molecule has 2 aliphatic rings. The van der Waals surface area contributed by atoms with Crippen LogP contribution in [-0.4, -0.2) is 58.6 Å². The molecule has 1 aliphatic carbocycles. The predicted molar refractivity (Wildman–Crippen MR) is 115 cm³/mol. The fourth-order valence-electron chi connectivity index (χ4n) is 5.17. The van der Waals surface area contributed by atoms with Gasteiger partial charge in [-0.05, 0) is 51.0 Å². The van der Waals surface area contributed by atoms with Gasteiger partial charge in [-0.2, -0.15) is 0 Å². The number of rotatable bonds is 9. The van der Waals surface area contributed by atoms with Crippen molar-refractivity contribution in [3.8, 4) is 0 Å². The average molecular weight is 467 g/mol. The van der Waals surface area contributed by atoms with Crippen LogP contribution in [0, 0.1) is 5.92 Å². The van der Waals surface area contributed by atoms with E-state index in [9.17, 15) is 19.5 Å². The van der Waals surface area contributed by atoms with Gasteiger partial charge in [0, 0.05) is 12.5 Å². The fourth-order valence-corrected chi connectivity index (χ4v) is 5.17. The van der Waals surface area contributed by atoms with Crippen LogP contribution in [0.25, 0.3) is 0 Å². The van der Waals surface area contributed by atoms with Crippen LogP contribution >= 0.6 is 0 Å². The number of quaternary nitrogens is 1. The van der Waals surface area contributed by atoms with Gasteiger partial charge in [0.05, 0.1) is 6.61 Å². The highest BCUT2D eigenvalue weighted by Crippen LogP contribution is 2.40. The highest BCUT2D eigenvalue weighted by atomic mass is 35.5. The van der Waals surface area contributed by atoms with Crippen LogP contribution < -0.4 is 17.7 Å². The van der Waals surface area contributed by atoms with Crippen molar-refractivity contribution in [2.45, 2.75) is 83.0 Å². The molecule has 0 bridgehead atoms. The van der Waals surface area contributed by atoms with Gasteiger partial charge < -0.3 is 32.5 Å². The second-order valence-electron chi connectivity index (χ2n) is 8.81. The first-order valence-electron chi connectivity index (χ1n) is 11.5. The molecule has 1 aromatic carbocycles. The number of halogens is 1. The van der Waals surface area contributed by atoms with Gasteiger partial charge in [-0.25, -0.2) is 9.59 Å². The minimum atomic E-state index is -0.930.